The van der Waals surface area contributed by atoms with Crippen LogP contribution in [0.15, 0.2) is 158 Å². The summed E-state index contributed by atoms with van der Waals surface area (Å²) in [6.07, 6.45) is -1.91. The summed E-state index contributed by atoms with van der Waals surface area (Å²) in [7, 11) is 3.45. The molecular weight excluding hydrogens is 931 g/mol. The first-order valence-electron chi connectivity index (χ1n) is 23.6. The molecule has 14 nitrogen and oxygen atoms in total. The lowest BCUT2D eigenvalue weighted by molar-refractivity contribution is -0.177. The Hall–Kier alpha value is -7.71. The van der Waals surface area contributed by atoms with E-state index in [0.717, 1.165) is 20.7 Å². The molecule has 2 fully saturated rings. The second-order valence-corrected chi connectivity index (χ2v) is 18.9. The van der Waals surface area contributed by atoms with Gasteiger partial charge in [-0.2, -0.15) is 0 Å². The highest BCUT2D eigenvalue weighted by molar-refractivity contribution is 7.22. The molecule has 72 heavy (non-hydrogen) atoms. The summed E-state index contributed by atoms with van der Waals surface area (Å²) >= 11 is 1.25. The van der Waals surface area contributed by atoms with Crippen LogP contribution in [0.4, 0.5) is 15.6 Å². The summed E-state index contributed by atoms with van der Waals surface area (Å²) in [5.41, 5.74) is 2.66. The fraction of sp³-hybridized carbons (Fsp3) is 0.246. The van der Waals surface area contributed by atoms with Crippen LogP contribution in [0.1, 0.15) is 51.6 Å². The number of rotatable bonds is 14. The fourth-order valence-electron chi connectivity index (χ4n) is 10.5. The Kier molecular flexibility index (Phi) is 13.9. The monoisotopic (exact) mass is 981 g/mol. The van der Waals surface area contributed by atoms with Crippen molar-refractivity contribution in [2.24, 2.45) is 5.92 Å². The van der Waals surface area contributed by atoms with E-state index in [4.69, 9.17) is 23.9 Å². The van der Waals surface area contributed by atoms with Crippen molar-refractivity contribution in [3.63, 3.8) is 0 Å². The van der Waals surface area contributed by atoms with Gasteiger partial charge >= 0.3 is 12.1 Å². The van der Waals surface area contributed by atoms with Crippen molar-refractivity contribution in [2.75, 3.05) is 57.3 Å². The van der Waals surface area contributed by atoms with E-state index >= 15 is 14.4 Å². The van der Waals surface area contributed by atoms with Gasteiger partial charge in [0.25, 0.3) is 0 Å². The topological polar surface area (TPSA) is 160 Å². The van der Waals surface area contributed by atoms with Crippen molar-refractivity contribution in [1.29, 1.82) is 0 Å². The minimum atomic E-state index is -2.06. The second kappa shape index (κ2) is 20.9. The number of ether oxygens (including phenoxy) is 4. The Morgan fingerprint density at radius 2 is 1.51 bits per heavy atom. The Bertz CT molecular complexity index is 3130. The third-order valence-electron chi connectivity index (χ3n) is 13.4. The number of nitrogens with one attached hydrogen (secondary N) is 1. The van der Waals surface area contributed by atoms with Crippen LogP contribution in [0.25, 0.3) is 10.2 Å². The average molecular weight is 982 g/mol. The van der Waals surface area contributed by atoms with Crippen LogP contribution in [-0.4, -0.2) is 96.9 Å². The lowest BCUT2D eigenvalue weighted by atomic mass is 9.65. The van der Waals surface area contributed by atoms with Crippen molar-refractivity contribution in [3.05, 3.63) is 191 Å². The van der Waals surface area contributed by atoms with Crippen LogP contribution in [0.3, 0.4) is 0 Å². The van der Waals surface area contributed by atoms with E-state index in [2.05, 4.69) is 34.2 Å². The average Bonchev–Trinajstić information content (AvgIpc) is 4.04. The van der Waals surface area contributed by atoms with E-state index in [1.165, 1.54) is 18.4 Å². The quantitative estimate of drug-likeness (QED) is 0.0612. The van der Waals surface area contributed by atoms with E-state index in [-0.39, 0.29) is 37.2 Å². The molecule has 0 aliphatic carbocycles. The molecule has 7 aromatic rings. The van der Waals surface area contributed by atoms with Crippen molar-refractivity contribution in [3.8, 4) is 17.6 Å². The Morgan fingerprint density at radius 3 is 2.22 bits per heavy atom. The molecule has 0 unspecified atom stereocenters. The highest BCUT2D eigenvalue weighted by Gasteiger charge is 2.76. The van der Waals surface area contributed by atoms with Gasteiger partial charge in [0, 0.05) is 19.2 Å². The first-order chi connectivity index (χ1) is 35.2. The first kappa shape index (κ1) is 47.9. The number of fused-ring (bicyclic) bond motifs is 4. The molecule has 10 rings (SSSR count). The van der Waals surface area contributed by atoms with Gasteiger partial charge in [-0.1, -0.05) is 138 Å². The zero-order valence-corrected chi connectivity index (χ0v) is 40.4. The van der Waals surface area contributed by atoms with E-state index < -0.39 is 59.4 Å². The van der Waals surface area contributed by atoms with Gasteiger partial charge in [0.2, 0.25) is 11.8 Å². The van der Waals surface area contributed by atoms with Crippen LogP contribution in [0.2, 0.25) is 0 Å². The SMILES string of the molecule is COCCOC(=O)N1C(=O)[C@@]2(c3cc(C#CCN(C)Cc4ccccc4)ccc31)[C@H](c1ccc(OCCO)cc1)N1[C@H](c3ccccc3)[C@H](c3ccccc3)OC(=O)[C@H]1[C@@H]2C(=O)Nc1nc2ccccc2s1. The number of carbonyl (C=O) groups excluding carboxylic acids is 4. The molecule has 0 saturated carbocycles. The number of methoxy groups -OCH3 is 1. The van der Waals surface area contributed by atoms with Gasteiger partial charge in [0.15, 0.2) is 5.13 Å². The summed E-state index contributed by atoms with van der Waals surface area (Å²) in [5.74, 6) is 3.26. The number of cyclic esters (lactones) is 1. The van der Waals surface area contributed by atoms with Gasteiger partial charge < -0.3 is 29.4 Å². The maximum Gasteiger partial charge on any atom is 0.421 e. The molecule has 1 spiro atoms. The predicted molar refractivity (Wildman–Crippen MR) is 272 cm³/mol. The molecule has 3 amide bonds. The summed E-state index contributed by atoms with van der Waals surface area (Å²) < 4.78 is 24.2. The number of thiazole rings is 1. The zero-order chi connectivity index (χ0) is 49.8. The van der Waals surface area contributed by atoms with Gasteiger partial charge in [-0.3, -0.25) is 24.2 Å². The van der Waals surface area contributed by atoms with E-state index in [9.17, 15) is 9.90 Å². The molecule has 4 heterocycles. The van der Waals surface area contributed by atoms with Gasteiger partial charge in [0.1, 0.15) is 36.5 Å². The van der Waals surface area contributed by atoms with Crippen LogP contribution < -0.4 is 15.0 Å². The maximum atomic E-state index is 16.5. The Morgan fingerprint density at radius 1 is 0.819 bits per heavy atom. The number of imide groups is 1. The largest absolute Gasteiger partial charge is 0.491 e. The van der Waals surface area contributed by atoms with E-state index in [1.54, 1.807) is 42.5 Å². The molecule has 0 radical (unpaired) electrons. The Balaban J connectivity index is 1.22. The molecule has 6 aromatic carbocycles. The molecule has 1 aromatic heterocycles. The van der Waals surface area contributed by atoms with Crippen molar-refractivity contribution < 1.29 is 43.2 Å². The predicted octanol–water partition coefficient (Wildman–Crippen LogP) is 8.24. The molecule has 0 bridgehead atoms. The first-order valence-corrected chi connectivity index (χ1v) is 24.5. The van der Waals surface area contributed by atoms with Gasteiger partial charge in [-0.05, 0) is 77.3 Å². The van der Waals surface area contributed by atoms with E-state index in [0.29, 0.717) is 46.6 Å². The zero-order valence-electron chi connectivity index (χ0n) is 39.6. The minimum Gasteiger partial charge on any atom is -0.491 e. The number of carbonyl (C=O) groups is 4. The number of aliphatic hydroxyl groups is 1. The molecule has 3 aliphatic rings. The van der Waals surface area contributed by atoms with Crippen molar-refractivity contribution in [1.82, 2.24) is 14.8 Å². The number of morpholine rings is 1. The summed E-state index contributed by atoms with van der Waals surface area (Å²) in [5, 5.41) is 12.9. The highest BCUT2D eigenvalue weighted by Crippen LogP contribution is 2.66. The summed E-state index contributed by atoms with van der Waals surface area (Å²) in [6.45, 7) is 0.766. The van der Waals surface area contributed by atoms with Crippen molar-refractivity contribution >= 4 is 56.2 Å². The number of aromatic nitrogens is 1. The number of aliphatic hydroxyl groups excluding tert-OH is 1. The van der Waals surface area contributed by atoms with Crippen LogP contribution >= 0.6 is 11.3 Å². The molecule has 2 N–H and O–H groups in total. The van der Waals surface area contributed by atoms with Gasteiger partial charge in [0.05, 0.1) is 53.7 Å². The number of hydrogen-bond acceptors (Lipinski definition) is 13. The van der Waals surface area contributed by atoms with Crippen molar-refractivity contribution in [2.45, 2.75) is 36.2 Å². The fourth-order valence-corrected chi connectivity index (χ4v) is 11.4. The number of esters is 1. The maximum absolute atomic E-state index is 16.5. The van der Waals surface area contributed by atoms with Crippen LogP contribution in [0.5, 0.6) is 5.75 Å². The lowest BCUT2D eigenvalue weighted by Gasteiger charge is -2.46. The highest BCUT2D eigenvalue weighted by atomic mass is 32.1. The standard InChI is InChI=1S/C57H51N5O9S/c1-60(36-38-15-6-3-7-16-38)30-14-17-37-24-29-45-43(35-37)57(54(66)61(45)56(67)70-34-33-68-2)47(52(64)59-55-58-44-22-12-13-23-46(44)72-55)49-53(65)71-50(40-20-10-5-11-21-40)48(39-18-8-4-9-19-39)62(49)51(57)41-25-27-42(28-26-41)69-32-31-63/h3-13,15-16,18-29,35,47-51,63H,30-34,36H2,1-2H3,(H,58,59,64)/t47-,48-,49-,50+,51+,57-/m1/s1. The Labute approximate surface area is 420 Å². The third kappa shape index (κ3) is 8.99. The smallest absolute Gasteiger partial charge is 0.421 e. The number of para-hydroxylation sites is 1. The molecule has 364 valence electrons. The normalized spacial score (nSPS) is 21.2. The number of nitrogens with zero attached hydrogens (tertiary/aromatic N) is 4. The number of hydrogen-bond donors (Lipinski definition) is 2. The molecule has 6 atom stereocenters. The summed E-state index contributed by atoms with van der Waals surface area (Å²) in [6, 6.07) is 45.2. The molecule has 15 heteroatoms. The number of benzene rings is 6. The summed E-state index contributed by atoms with van der Waals surface area (Å²) in [4.78, 5) is 72.3. The van der Waals surface area contributed by atoms with Crippen LogP contribution in [-0.2, 0) is 40.6 Å². The van der Waals surface area contributed by atoms with Gasteiger partial charge in [-0.25, -0.2) is 14.7 Å². The lowest BCUT2D eigenvalue weighted by Crippen LogP contribution is -2.54. The van der Waals surface area contributed by atoms with Crippen LogP contribution in [0, 0.1) is 17.8 Å². The minimum absolute atomic E-state index is 0.0352. The third-order valence-corrected chi connectivity index (χ3v) is 14.3. The molecule has 3 aliphatic heterocycles. The second-order valence-electron chi connectivity index (χ2n) is 17.8. The molecule has 2 saturated heterocycles. The molecular formula is C57H51N5O9S. The van der Waals surface area contributed by atoms with E-state index in [1.807, 2.05) is 115 Å². The van der Waals surface area contributed by atoms with Gasteiger partial charge in [-0.15, -0.1) is 0 Å². The number of amides is 3. The number of anilines is 2.